The van der Waals surface area contributed by atoms with Crippen molar-refractivity contribution in [1.82, 2.24) is 24.4 Å². The number of hydrogen-bond donors (Lipinski definition) is 1. The van der Waals surface area contributed by atoms with Crippen LogP contribution in [0, 0.1) is 3.57 Å². The van der Waals surface area contributed by atoms with Gasteiger partial charge in [-0.05, 0) is 60.7 Å². The van der Waals surface area contributed by atoms with Gasteiger partial charge in [0.25, 0.3) is 0 Å². The number of imidazole rings is 1. The molecule has 0 atom stereocenters. The summed E-state index contributed by atoms with van der Waals surface area (Å²) in [6.07, 6.45) is 4.09. The number of nitrogen functional groups attached to an aromatic ring is 1. The van der Waals surface area contributed by atoms with E-state index in [2.05, 4.69) is 49.1 Å². The first kappa shape index (κ1) is 18.8. The minimum absolute atomic E-state index is 0.413. The molecular formula is C18H21IN6OS. The summed E-state index contributed by atoms with van der Waals surface area (Å²) < 4.78 is 8.67. The predicted molar refractivity (Wildman–Crippen MR) is 115 cm³/mol. The molecule has 0 spiro atoms. The van der Waals surface area contributed by atoms with Crippen molar-refractivity contribution in [2.24, 2.45) is 0 Å². The summed E-state index contributed by atoms with van der Waals surface area (Å²) in [6.45, 7) is 1.76. The molecule has 1 aromatic carbocycles. The molecule has 1 aliphatic rings. The third-order valence-electron chi connectivity index (χ3n) is 4.71. The van der Waals surface area contributed by atoms with E-state index in [0.29, 0.717) is 11.3 Å². The Morgan fingerprint density at radius 2 is 2.19 bits per heavy atom. The second-order valence-electron chi connectivity index (χ2n) is 6.59. The molecule has 2 N–H and O–H groups in total. The van der Waals surface area contributed by atoms with Crippen LogP contribution < -0.4 is 10.5 Å². The first-order chi connectivity index (χ1) is 13.1. The molecule has 3 aromatic rings. The fourth-order valence-corrected chi connectivity index (χ4v) is 4.58. The zero-order valence-corrected chi connectivity index (χ0v) is 18.2. The van der Waals surface area contributed by atoms with E-state index in [9.17, 15) is 0 Å². The van der Waals surface area contributed by atoms with Crippen LogP contribution in [0.4, 0.5) is 5.82 Å². The molecule has 1 fully saturated rings. The number of hydrogen-bond acceptors (Lipinski definition) is 7. The standard InChI is InChI=1S/C18H21IN6OS/c1-24(11-3-4-11)7-8-25-17-15(16(20)21-10-22-17)23-18(25)27-14-9-12(26-2)5-6-13(14)19/h5-6,9-11H,3-4,7-8H2,1-2H3,(H2,20,21,22). The Bertz CT molecular complexity index is 974. The van der Waals surface area contributed by atoms with E-state index in [0.717, 1.165) is 44.2 Å². The summed E-state index contributed by atoms with van der Waals surface area (Å²) in [5.74, 6) is 1.24. The van der Waals surface area contributed by atoms with E-state index in [1.807, 2.05) is 18.2 Å². The number of methoxy groups -OCH3 is 1. The van der Waals surface area contributed by atoms with Gasteiger partial charge in [-0.1, -0.05) is 11.8 Å². The first-order valence-electron chi connectivity index (χ1n) is 8.75. The number of anilines is 1. The number of nitrogens with two attached hydrogens (primary N) is 1. The zero-order chi connectivity index (χ0) is 19.0. The van der Waals surface area contributed by atoms with Gasteiger partial charge < -0.3 is 19.9 Å². The van der Waals surface area contributed by atoms with Crippen molar-refractivity contribution in [2.75, 3.05) is 26.4 Å². The first-order valence-corrected chi connectivity index (χ1v) is 10.6. The normalized spacial score (nSPS) is 14.2. The number of fused-ring (bicyclic) bond motifs is 1. The Hall–Kier alpha value is -1.59. The third kappa shape index (κ3) is 3.99. The fraction of sp³-hybridized carbons (Fsp3) is 0.389. The Labute approximate surface area is 175 Å². The highest BCUT2D eigenvalue weighted by Crippen LogP contribution is 2.35. The van der Waals surface area contributed by atoms with E-state index in [1.54, 1.807) is 18.9 Å². The van der Waals surface area contributed by atoms with Gasteiger partial charge in [-0.15, -0.1) is 0 Å². The average molecular weight is 496 g/mol. The molecule has 0 aliphatic heterocycles. The fourth-order valence-electron chi connectivity index (χ4n) is 2.96. The van der Waals surface area contributed by atoms with Crippen molar-refractivity contribution in [3.8, 4) is 5.75 Å². The number of aromatic nitrogens is 4. The summed E-state index contributed by atoms with van der Waals surface area (Å²) in [5, 5.41) is 0.868. The summed E-state index contributed by atoms with van der Waals surface area (Å²) in [4.78, 5) is 16.8. The Kier molecular flexibility index (Phi) is 5.42. The van der Waals surface area contributed by atoms with Crippen LogP contribution in [0.1, 0.15) is 12.8 Å². The highest BCUT2D eigenvalue weighted by molar-refractivity contribution is 14.1. The number of ether oxygens (including phenoxy) is 1. The Morgan fingerprint density at radius 3 is 2.93 bits per heavy atom. The van der Waals surface area contributed by atoms with Crippen molar-refractivity contribution >= 4 is 51.3 Å². The van der Waals surface area contributed by atoms with Gasteiger partial charge >= 0.3 is 0 Å². The predicted octanol–water partition coefficient (Wildman–Crippen LogP) is 3.27. The molecule has 0 bridgehead atoms. The van der Waals surface area contributed by atoms with E-state index >= 15 is 0 Å². The van der Waals surface area contributed by atoms with E-state index in [-0.39, 0.29) is 0 Å². The molecule has 2 heterocycles. The zero-order valence-electron chi connectivity index (χ0n) is 15.2. The maximum atomic E-state index is 6.05. The van der Waals surface area contributed by atoms with Gasteiger partial charge in [-0.2, -0.15) is 0 Å². The molecule has 0 unspecified atom stereocenters. The molecule has 2 aromatic heterocycles. The van der Waals surface area contributed by atoms with Crippen molar-refractivity contribution in [1.29, 1.82) is 0 Å². The van der Waals surface area contributed by atoms with Crippen LogP contribution in [0.15, 0.2) is 34.6 Å². The van der Waals surface area contributed by atoms with Crippen molar-refractivity contribution < 1.29 is 4.74 Å². The summed E-state index contributed by atoms with van der Waals surface area (Å²) in [5.41, 5.74) is 7.50. The molecule has 0 amide bonds. The second kappa shape index (κ2) is 7.80. The maximum absolute atomic E-state index is 6.05. The van der Waals surface area contributed by atoms with Crippen molar-refractivity contribution in [2.45, 2.75) is 35.5 Å². The van der Waals surface area contributed by atoms with E-state index < -0.39 is 0 Å². The lowest BCUT2D eigenvalue weighted by Gasteiger charge is -2.17. The van der Waals surface area contributed by atoms with Crippen LogP contribution in [-0.4, -0.2) is 51.2 Å². The average Bonchev–Trinajstić information content (AvgIpc) is 3.45. The lowest BCUT2D eigenvalue weighted by Crippen LogP contribution is -2.25. The molecule has 27 heavy (non-hydrogen) atoms. The monoisotopic (exact) mass is 496 g/mol. The molecule has 9 heteroatoms. The van der Waals surface area contributed by atoms with Gasteiger partial charge in [0.15, 0.2) is 22.1 Å². The van der Waals surface area contributed by atoms with Gasteiger partial charge in [-0.3, -0.25) is 0 Å². The summed E-state index contributed by atoms with van der Waals surface area (Å²) in [7, 11) is 3.85. The van der Waals surface area contributed by atoms with Crippen LogP contribution in [0.3, 0.4) is 0 Å². The highest BCUT2D eigenvalue weighted by Gasteiger charge is 2.26. The van der Waals surface area contributed by atoms with Gasteiger partial charge in [0, 0.05) is 27.6 Å². The largest absolute Gasteiger partial charge is 0.497 e. The van der Waals surface area contributed by atoms with Crippen LogP contribution >= 0.6 is 34.4 Å². The molecule has 7 nitrogen and oxygen atoms in total. The molecule has 4 rings (SSSR count). The van der Waals surface area contributed by atoms with Gasteiger partial charge in [0.05, 0.1) is 7.11 Å². The molecule has 0 saturated heterocycles. The topological polar surface area (TPSA) is 82.1 Å². The van der Waals surface area contributed by atoms with Gasteiger partial charge in [0.1, 0.15) is 12.1 Å². The molecular weight excluding hydrogens is 475 g/mol. The summed E-state index contributed by atoms with van der Waals surface area (Å²) in [6, 6.07) is 6.75. The third-order valence-corrected chi connectivity index (χ3v) is 7.07. The SMILES string of the molecule is COc1ccc(I)c(Sc2nc3c(N)ncnc3n2CCN(C)C2CC2)c1. The van der Waals surface area contributed by atoms with Crippen molar-refractivity contribution in [3.05, 3.63) is 28.1 Å². The maximum Gasteiger partial charge on any atom is 0.175 e. The molecule has 142 valence electrons. The van der Waals surface area contributed by atoms with Crippen LogP contribution in [0.25, 0.3) is 11.2 Å². The molecule has 1 saturated carbocycles. The minimum atomic E-state index is 0.413. The summed E-state index contributed by atoms with van der Waals surface area (Å²) >= 11 is 3.93. The number of benzene rings is 1. The van der Waals surface area contributed by atoms with E-state index in [4.69, 9.17) is 15.5 Å². The van der Waals surface area contributed by atoms with Crippen LogP contribution in [0.5, 0.6) is 5.75 Å². The lowest BCUT2D eigenvalue weighted by atomic mass is 10.3. The van der Waals surface area contributed by atoms with Crippen LogP contribution in [-0.2, 0) is 6.54 Å². The highest BCUT2D eigenvalue weighted by atomic mass is 127. The number of halogens is 1. The van der Waals surface area contributed by atoms with Crippen molar-refractivity contribution in [3.63, 3.8) is 0 Å². The number of rotatable bonds is 7. The Balaban J connectivity index is 1.70. The molecule has 1 aliphatic carbocycles. The minimum Gasteiger partial charge on any atom is -0.497 e. The molecule has 0 radical (unpaired) electrons. The quantitative estimate of drug-likeness (QED) is 0.503. The van der Waals surface area contributed by atoms with E-state index in [1.165, 1.54) is 19.2 Å². The lowest BCUT2D eigenvalue weighted by molar-refractivity contribution is 0.306. The second-order valence-corrected chi connectivity index (χ2v) is 8.76. The number of nitrogens with zero attached hydrogens (tertiary/aromatic N) is 5. The Morgan fingerprint density at radius 1 is 1.37 bits per heavy atom. The van der Waals surface area contributed by atoms with Gasteiger partial charge in [-0.25, -0.2) is 15.0 Å². The smallest absolute Gasteiger partial charge is 0.175 e. The van der Waals surface area contributed by atoms with Crippen LogP contribution in [0.2, 0.25) is 0 Å². The number of likely N-dealkylation sites (N-methyl/N-ethyl adjacent to an activating group) is 1. The van der Waals surface area contributed by atoms with Gasteiger partial charge in [0.2, 0.25) is 0 Å².